The number of pyridine rings is 3. The van der Waals surface area contributed by atoms with E-state index in [1.54, 1.807) is 18.5 Å². The predicted molar refractivity (Wildman–Crippen MR) is 123 cm³/mol. The Morgan fingerprint density at radius 3 is 2.39 bits per heavy atom. The first-order valence-corrected chi connectivity index (χ1v) is 9.92. The van der Waals surface area contributed by atoms with Crippen molar-refractivity contribution in [1.29, 1.82) is 0 Å². The van der Waals surface area contributed by atoms with Gasteiger partial charge in [0.15, 0.2) is 0 Å². The quantitative estimate of drug-likeness (QED) is 0.434. The van der Waals surface area contributed by atoms with E-state index >= 15 is 0 Å². The van der Waals surface area contributed by atoms with E-state index in [2.05, 4.69) is 43.3 Å². The van der Waals surface area contributed by atoms with Crippen LogP contribution in [0.1, 0.15) is 17.0 Å². The lowest BCUT2D eigenvalue weighted by molar-refractivity contribution is 1.17. The Bertz CT molecular complexity index is 1440. The Hall–Kier alpha value is -4.43. The second-order valence-electron chi connectivity index (χ2n) is 7.17. The molecule has 0 amide bonds. The maximum atomic E-state index is 5.98. The van der Waals surface area contributed by atoms with Crippen LogP contribution in [-0.2, 0) is 0 Å². The molecule has 0 aliphatic rings. The molecule has 0 spiro atoms. The number of aromatic nitrogens is 4. The van der Waals surface area contributed by atoms with Gasteiger partial charge in [-0.2, -0.15) is 0 Å². The van der Waals surface area contributed by atoms with Crippen LogP contribution in [0.3, 0.4) is 0 Å². The molecular formula is C26H19N5. The summed E-state index contributed by atoms with van der Waals surface area (Å²) in [6.07, 6.45) is 5.58. The summed E-state index contributed by atoms with van der Waals surface area (Å²) in [5.74, 6) is 6.88. The first-order chi connectivity index (χ1) is 15.2. The van der Waals surface area contributed by atoms with Crippen molar-refractivity contribution >= 4 is 11.5 Å². The number of hydrogen-bond acceptors (Lipinski definition) is 4. The third-order valence-electron chi connectivity index (χ3n) is 5.10. The molecule has 31 heavy (non-hydrogen) atoms. The van der Waals surface area contributed by atoms with Gasteiger partial charge in [0, 0.05) is 29.7 Å². The molecular weight excluding hydrogens is 382 g/mol. The van der Waals surface area contributed by atoms with Crippen LogP contribution in [0.4, 0.5) is 5.82 Å². The lowest BCUT2D eigenvalue weighted by Crippen LogP contribution is -1.98. The van der Waals surface area contributed by atoms with E-state index in [0.717, 1.165) is 39.3 Å². The van der Waals surface area contributed by atoms with Crippen molar-refractivity contribution in [3.63, 3.8) is 0 Å². The highest BCUT2D eigenvalue weighted by Gasteiger charge is 2.14. The molecule has 0 saturated heterocycles. The summed E-state index contributed by atoms with van der Waals surface area (Å²) in [5, 5.41) is 0. The Morgan fingerprint density at radius 2 is 1.58 bits per heavy atom. The summed E-state index contributed by atoms with van der Waals surface area (Å²) in [6.45, 7) is 1.99. The van der Waals surface area contributed by atoms with Crippen molar-refractivity contribution in [3.05, 3.63) is 102 Å². The van der Waals surface area contributed by atoms with E-state index in [9.17, 15) is 0 Å². The fourth-order valence-electron chi connectivity index (χ4n) is 3.62. The summed E-state index contributed by atoms with van der Waals surface area (Å²) in [7, 11) is 0. The minimum atomic E-state index is 0.438. The summed E-state index contributed by atoms with van der Waals surface area (Å²) in [4.78, 5) is 13.2. The second-order valence-corrected chi connectivity index (χ2v) is 7.17. The van der Waals surface area contributed by atoms with Gasteiger partial charge < -0.3 is 5.73 Å². The van der Waals surface area contributed by atoms with Gasteiger partial charge in [-0.25, -0.2) is 9.97 Å². The number of nitrogens with zero attached hydrogens (tertiary/aromatic N) is 4. The van der Waals surface area contributed by atoms with Gasteiger partial charge in [-0.3, -0.25) is 9.38 Å². The molecule has 0 fully saturated rings. The predicted octanol–water partition coefficient (Wildman–Crippen LogP) is 4.75. The van der Waals surface area contributed by atoms with Gasteiger partial charge in [0.2, 0.25) is 0 Å². The second kappa shape index (κ2) is 7.77. The van der Waals surface area contributed by atoms with Crippen LogP contribution >= 0.6 is 0 Å². The normalized spacial score (nSPS) is 10.6. The minimum Gasteiger partial charge on any atom is -0.384 e. The van der Waals surface area contributed by atoms with Crippen molar-refractivity contribution in [1.82, 2.24) is 19.4 Å². The molecule has 0 aliphatic carbocycles. The van der Waals surface area contributed by atoms with Crippen LogP contribution in [0.25, 0.3) is 28.0 Å². The maximum Gasteiger partial charge on any atom is 0.137 e. The van der Waals surface area contributed by atoms with Crippen molar-refractivity contribution < 1.29 is 0 Å². The molecule has 0 unspecified atom stereocenters. The maximum absolute atomic E-state index is 5.98. The van der Waals surface area contributed by atoms with Crippen molar-refractivity contribution in [2.24, 2.45) is 0 Å². The van der Waals surface area contributed by atoms with Crippen LogP contribution < -0.4 is 5.73 Å². The molecule has 0 bridgehead atoms. The van der Waals surface area contributed by atoms with E-state index < -0.39 is 0 Å². The largest absolute Gasteiger partial charge is 0.384 e. The number of benzene rings is 1. The summed E-state index contributed by atoms with van der Waals surface area (Å²) < 4.78 is 2.05. The zero-order valence-corrected chi connectivity index (χ0v) is 16.9. The third-order valence-corrected chi connectivity index (χ3v) is 5.10. The van der Waals surface area contributed by atoms with Gasteiger partial charge in [-0.1, -0.05) is 24.1 Å². The fraction of sp³-hybridized carbons (Fsp3) is 0.0385. The third kappa shape index (κ3) is 3.63. The highest BCUT2D eigenvalue weighted by Crippen LogP contribution is 2.27. The van der Waals surface area contributed by atoms with E-state index in [1.165, 1.54) is 0 Å². The molecule has 0 atom stereocenters. The molecule has 5 rings (SSSR count). The SMILES string of the molecule is Cc1nc2ccccn2c1-c1ccc(N)nc1C#Cc1ccc(-c2ccncc2)cc1. The molecule has 5 aromatic rings. The zero-order chi connectivity index (χ0) is 21.2. The number of nitrogens with two attached hydrogens (primary N) is 1. The summed E-state index contributed by atoms with van der Waals surface area (Å²) in [6, 6.07) is 21.8. The molecule has 0 radical (unpaired) electrons. The molecule has 2 N–H and O–H groups in total. The smallest absolute Gasteiger partial charge is 0.137 e. The van der Waals surface area contributed by atoms with E-state index in [1.807, 2.05) is 61.7 Å². The van der Waals surface area contributed by atoms with Crippen molar-refractivity contribution in [3.8, 4) is 34.2 Å². The first-order valence-electron chi connectivity index (χ1n) is 9.92. The van der Waals surface area contributed by atoms with Crippen LogP contribution in [0.2, 0.25) is 0 Å². The lowest BCUT2D eigenvalue weighted by Gasteiger charge is -2.07. The Morgan fingerprint density at radius 1 is 0.806 bits per heavy atom. The van der Waals surface area contributed by atoms with Gasteiger partial charge in [-0.15, -0.1) is 0 Å². The van der Waals surface area contributed by atoms with E-state index in [4.69, 9.17) is 5.73 Å². The number of nitrogen functional groups attached to an aromatic ring is 1. The number of fused-ring (bicyclic) bond motifs is 1. The van der Waals surface area contributed by atoms with E-state index in [0.29, 0.717) is 11.5 Å². The van der Waals surface area contributed by atoms with Crippen LogP contribution in [0.15, 0.2) is 85.3 Å². The molecule has 148 valence electrons. The highest BCUT2D eigenvalue weighted by molar-refractivity contribution is 5.73. The average molecular weight is 401 g/mol. The first kappa shape index (κ1) is 18.6. The molecule has 5 heteroatoms. The number of hydrogen-bond donors (Lipinski definition) is 1. The molecule has 4 aromatic heterocycles. The van der Waals surface area contributed by atoms with Gasteiger partial charge in [-0.05, 0) is 72.5 Å². The van der Waals surface area contributed by atoms with Crippen molar-refractivity contribution in [2.45, 2.75) is 6.92 Å². The number of rotatable bonds is 2. The number of imidazole rings is 1. The van der Waals surface area contributed by atoms with Gasteiger partial charge in [0.05, 0.1) is 11.4 Å². The van der Waals surface area contributed by atoms with Gasteiger partial charge in [0.25, 0.3) is 0 Å². The Kier molecular flexibility index (Phi) is 4.66. The van der Waals surface area contributed by atoms with Crippen LogP contribution in [0, 0.1) is 18.8 Å². The summed E-state index contributed by atoms with van der Waals surface area (Å²) >= 11 is 0. The topological polar surface area (TPSA) is 69.1 Å². The molecule has 0 saturated carbocycles. The van der Waals surface area contributed by atoms with E-state index in [-0.39, 0.29) is 0 Å². The van der Waals surface area contributed by atoms with Crippen molar-refractivity contribution in [2.75, 3.05) is 5.73 Å². The van der Waals surface area contributed by atoms with Crippen LogP contribution in [0.5, 0.6) is 0 Å². The molecule has 1 aromatic carbocycles. The van der Waals surface area contributed by atoms with Gasteiger partial charge >= 0.3 is 0 Å². The Labute approximate surface area is 180 Å². The van der Waals surface area contributed by atoms with Crippen LogP contribution in [-0.4, -0.2) is 19.4 Å². The fourth-order valence-corrected chi connectivity index (χ4v) is 3.62. The van der Waals surface area contributed by atoms with Gasteiger partial charge in [0.1, 0.15) is 17.2 Å². The molecule has 0 aliphatic heterocycles. The molecule has 5 nitrogen and oxygen atoms in total. The monoisotopic (exact) mass is 401 g/mol. The lowest BCUT2D eigenvalue weighted by atomic mass is 10.0. The number of anilines is 1. The average Bonchev–Trinajstić information content (AvgIpc) is 3.14. The molecule has 4 heterocycles. The Balaban J connectivity index is 1.55. The summed E-state index contributed by atoms with van der Waals surface area (Å²) in [5.41, 5.74) is 13.4. The standard InChI is InChI=1S/C26H19N5/c1-18-26(31-17-3-2-4-25(31)29-18)22-10-12-24(27)30-23(22)11-7-19-5-8-20(9-6-19)21-13-15-28-16-14-21/h2-6,8-10,12-17H,1H3,(H2,27,30). The highest BCUT2D eigenvalue weighted by atomic mass is 15.0. The number of aryl methyl sites for hydroxylation is 1. The minimum absolute atomic E-state index is 0.438. The zero-order valence-electron chi connectivity index (χ0n) is 16.9.